The lowest BCUT2D eigenvalue weighted by atomic mass is 10.1. The SMILES string of the molecule is CC[C@H](C(=O)NCc1ccc(CN2CCCC2)cc1)N(c1ccc(Cl)cc1)S(C)(=O)=O. The van der Waals surface area contributed by atoms with Crippen LogP contribution in [0.15, 0.2) is 48.5 Å². The van der Waals surface area contributed by atoms with E-state index in [1.807, 2.05) is 12.1 Å². The van der Waals surface area contributed by atoms with Crippen molar-refractivity contribution in [1.29, 1.82) is 0 Å². The predicted molar refractivity (Wildman–Crippen MR) is 126 cm³/mol. The van der Waals surface area contributed by atoms with E-state index in [1.165, 1.54) is 18.4 Å². The molecule has 0 bridgehead atoms. The highest BCUT2D eigenvalue weighted by atomic mass is 35.5. The average molecular weight is 464 g/mol. The molecule has 6 nitrogen and oxygen atoms in total. The molecule has 2 aromatic rings. The summed E-state index contributed by atoms with van der Waals surface area (Å²) >= 11 is 5.93. The van der Waals surface area contributed by atoms with Gasteiger partial charge >= 0.3 is 0 Å². The van der Waals surface area contributed by atoms with E-state index in [9.17, 15) is 13.2 Å². The van der Waals surface area contributed by atoms with Crippen molar-refractivity contribution >= 4 is 33.2 Å². The van der Waals surface area contributed by atoms with Crippen LogP contribution in [0.1, 0.15) is 37.3 Å². The van der Waals surface area contributed by atoms with Gasteiger partial charge in [0.15, 0.2) is 0 Å². The zero-order valence-electron chi connectivity index (χ0n) is 18.1. The van der Waals surface area contributed by atoms with E-state index in [0.717, 1.165) is 35.8 Å². The van der Waals surface area contributed by atoms with Crippen molar-refractivity contribution in [3.63, 3.8) is 0 Å². The fourth-order valence-corrected chi connectivity index (χ4v) is 5.25. The number of likely N-dealkylation sites (tertiary alicyclic amines) is 1. The molecule has 1 amide bonds. The van der Waals surface area contributed by atoms with Crippen LogP contribution in [0, 0.1) is 0 Å². The number of nitrogens with one attached hydrogen (secondary N) is 1. The Kier molecular flexibility index (Phi) is 7.97. The lowest BCUT2D eigenvalue weighted by molar-refractivity contribution is -0.122. The summed E-state index contributed by atoms with van der Waals surface area (Å²) in [5, 5.41) is 3.40. The van der Waals surface area contributed by atoms with Crippen LogP contribution in [-0.2, 0) is 27.9 Å². The normalized spacial score (nSPS) is 15.6. The monoisotopic (exact) mass is 463 g/mol. The quantitative estimate of drug-likeness (QED) is 0.614. The second-order valence-electron chi connectivity index (χ2n) is 7.98. The van der Waals surface area contributed by atoms with Crippen LogP contribution in [-0.4, -0.2) is 44.6 Å². The van der Waals surface area contributed by atoms with Gasteiger partial charge in [0.05, 0.1) is 11.9 Å². The van der Waals surface area contributed by atoms with Gasteiger partial charge in [-0.2, -0.15) is 0 Å². The van der Waals surface area contributed by atoms with E-state index < -0.39 is 16.1 Å². The third kappa shape index (κ3) is 6.45. The molecule has 31 heavy (non-hydrogen) atoms. The van der Waals surface area contributed by atoms with Gasteiger partial charge in [0.1, 0.15) is 6.04 Å². The van der Waals surface area contributed by atoms with Crippen molar-refractivity contribution in [3.05, 3.63) is 64.7 Å². The molecular formula is C23H30ClN3O3S. The van der Waals surface area contributed by atoms with Gasteiger partial charge in [0, 0.05) is 18.1 Å². The molecule has 2 aromatic carbocycles. The molecule has 1 atom stereocenters. The van der Waals surface area contributed by atoms with Crippen molar-refractivity contribution < 1.29 is 13.2 Å². The first-order chi connectivity index (χ1) is 14.8. The minimum atomic E-state index is -3.66. The van der Waals surface area contributed by atoms with Crippen LogP contribution < -0.4 is 9.62 Å². The number of hydrogen-bond donors (Lipinski definition) is 1. The first-order valence-electron chi connectivity index (χ1n) is 10.6. The van der Waals surface area contributed by atoms with Crippen LogP contribution in [0.2, 0.25) is 5.02 Å². The van der Waals surface area contributed by atoms with Crippen molar-refractivity contribution in [2.45, 2.75) is 45.3 Å². The molecule has 1 aliphatic rings. The lowest BCUT2D eigenvalue weighted by Crippen LogP contribution is -2.49. The second-order valence-corrected chi connectivity index (χ2v) is 10.3. The number of carbonyl (C=O) groups is 1. The molecule has 0 unspecified atom stereocenters. The summed E-state index contributed by atoms with van der Waals surface area (Å²) in [5.74, 6) is -0.330. The zero-order chi connectivity index (χ0) is 22.4. The summed E-state index contributed by atoms with van der Waals surface area (Å²) in [6, 6.07) is 13.8. The summed E-state index contributed by atoms with van der Waals surface area (Å²) < 4.78 is 26.1. The Morgan fingerprint density at radius 1 is 1.06 bits per heavy atom. The van der Waals surface area contributed by atoms with Crippen molar-refractivity contribution in [3.8, 4) is 0 Å². The molecule has 1 saturated heterocycles. The summed E-state index contributed by atoms with van der Waals surface area (Å²) in [5.41, 5.74) is 2.65. The molecule has 0 saturated carbocycles. The van der Waals surface area contributed by atoms with Crippen LogP contribution in [0.3, 0.4) is 0 Å². The van der Waals surface area contributed by atoms with Crippen LogP contribution >= 0.6 is 11.6 Å². The summed E-state index contributed by atoms with van der Waals surface area (Å²) in [6.07, 6.45) is 3.99. The largest absolute Gasteiger partial charge is 0.350 e. The first kappa shape index (κ1) is 23.6. The van der Waals surface area contributed by atoms with E-state index in [1.54, 1.807) is 31.2 Å². The van der Waals surface area contributed by atoms with Crippen LogP contribution in [0.4, 0.5) is 5.69 Å². The number of nitrogens with zero attached hydrogens (tertiary/aromatic N) is 2. The van der Waals surface area contributed by atoms with Crippen molar-refractivity contribution in [1.82, 2.24) is 10.2 Å². The molecule has 1 aliphatic heterocycles. The molecule has 1 fully saturated rings. The molecule has 0 radical (unpaired) electrons. The third-order valence-electron chi connectivity index (χ3n) is 5.51. The summed E-state index contributed by atoms with van der Waals surface area (Å²) in [4.78, 5) is 15.4. The molecule has 0 aliphatic carbocycles. The zero-order valence-corrected chi connectivity index (χ0v) is 19.6. The van der Waals surface area contributed by atoms with Gasteiger partial charge in [-0.25, -0.2) is 8.42 Å². The molecule has 168 valence electrons. The Labute approximate surface area is 190 Å². The van der Waals surface area contributed by atoms with E-state index in [4.69, 9.17) is 11.6 Å². The summed E-state index contributed by atoms with van der Waals surface area (Å²) in [6.45, 7) is 5.40. The van der Waals surface area contributed by atoms with Gasteiger partial charge in [0.2, 0.25) is 15.9 Å². The molecule has 3 rings (SSSR count). The minimum absolute atomic E-state index is 0.330. The topological polar surface area (TPSA) is 69.7 Å². The van der Waals surface area contributed by atoms with Gasteiger partial charge in [-0.05, 0) is 67.7 Å². The predicted octanol–water partition coefficient (Wildman–Crippen LogP) is 3.80. The van der Waals surface area contributed by atoms with Gasteiger partial charge in [-0.1, -0.05) is 42.8 Å². The number of rotatable bonds is 9. The van der Waals surface area contributed by atoms with E-state index in [-0.39, 0.29) is 5.91 Å². The minimum Gasteiger partial charge on any atom is -0.350 e. The Balaban J connectivity index is 1.66. The number of anilines is 1. The fraction of sp³-hybridized carbons (Fsp3) is 0.435. The Morgan fingerprint density at radius 2 is 1.65 bits per heavy atom. The van der Waals surface area contributed by atoms with Gasteiger partial charge < -0.3 is 5.32 Å². The highest BCUT2D eigenvalue weighted by molar-refractivity contribution is 7.92. The molecule has 0 spiro atoms. The smallest absolute Gasteiger partial charge is 0.244 e. The van der Waals surface area contributed by atoms with E-state index in [0.29, 0.717) is 23.7 Å². The highest BCUT2D eigenvalue weighted by Gasteiger charge is 2.31. The number of sulfonamides is 1. The number of amides is 1. The van der Waals surface area contributed by atoms with E-state index in [2.05, 4.69) is 22.3 Å². The number of benzene rings is 2. The number of hydrogen-bond acceptors (Lipinski definition) is 4. The number of carbonyl (C=O) groups excluding carboxylic acids is 1. The highest BCUT2D eigenvalue weighted by Crippen LogP contribution is 2.24. The van der Waals surface area contributed by atoms with E-state index >= 15 is 0 Å². The molecule has 0 aromatic heterocycles. The third-order valence-corrected chi connectivity index (χ3v) is 6.94. The van der Waals surface area contributed by atoms with Gasteiger partial charge in [-0.3, -0.25) is 14.0 Å². The maximum absolute atomic E-state index is 12.9. The van der Waals surface area contributed by atoms with Gasteiger partial charge in [0.25, 0.3) is 0 Å². The molecule has 8 heteroatoms. The average Bonchev–Trinajstić information content (AvgIpc) is 3.24. The first-order valence-corrected chi connectivity index (χ1v) is 12.8. The standard InChI is InChI=1S/C23H30ClN3O3S/c1-3-22(27(31(2,29)30)21-12-10-20(24)11-13-21)23(28)25-16-18-6-8-19(9-7-18)17-26-14-4-5-15-26/h6-13,22H,3-5,14-17H2,1-2H3,(H,25,28)/t22-/m1/s1. The second kappa shape index (κ2) is 10.5. The summed E-state index contributed by atoms with van der Waals surface area (Å²) in [7, 11) is -3.66. The Hall–Kier alpha value is -2.09. The fourth-order valence-electron chi connectivity index (χ4n) is 3.92. The van der Waals surface area contributed by atoms with Crippen molar-refractivity contribution in [2.75, 3.05) is 23.7 Å². The molecular weight excluding hydrogens is 434 g/mol. The molecule has 1 heterocycles. The maximum Gasteiger partial charge on any atom is 0.244 e. The Bertz CT molecular complexity index is 972. The van der Waals surface area contributed by atoms with Crippen LogP contribution in [0.5, 0.6) is 0 Å². The van der Waals surface area contributed by atoms with Crippen molar-refractivity contribution in [2.24, 2.45) is 0 Å². The Morgan fingerprint density at radius 3 is 2.19 bits per heavy atom. The van der Waals surface area contributed by atoms with Crippen LogP contribution in [0.25, 0.3) is 0 Å². The maximum atomic E-state index is 12.9. The van der Waals surface area contributed by atoms with Gasteiger partial charge in [-0.15, -0.1) is 0 Å². The number of halogens is 1. The molecule has 1 N–H and O–H groups in total. The lowest BCUT2D eigenvalue weighted by Gasteiger charge is -2.30.